The molecule has 1 aliphatic rings. The Morgan fingerprint density at radius 3 is 1.34 bits per heavy atom. The predicted octanol–water partition coefficient (Wildman–Crippen LogP) is 8.48. The molecule has 0 N–H and O–H groups in total. The monoisotopic (exact) mass is 558 g/mol. The second-order valence-corrected chi connectivity index (χ2v) is 13.4. The molecule has 35 heavy (non-hydrogen) atoms. The molecular weight excluding hydrogens is 541 g/mol. The molecule has 1 saturated heterocycles. The Balaban J connectivity index is 1.50. The van der Waals surface area contributed by atoms with Gasteiger partial charge >= 0.3 is 0 Å². The number of nitro benzene ring substituents is 2. The molecule has 2 aromatic heterocycles. The molecule has 0 amide bonds. The van der Waals surface area contributed by atoms with Crippen molar-refractivity contribution in [3.05, 3.63) is 114 Å². The summed E-state index contributed by atoms with van der Waals surface area (Å²) in [5.74, 6) is 0. The van der Waals surface area contributed by atoms with Gasteiger partial charge in [0.1, 0.15) is 0 Å². The molecule has 4 unspecified atom stereocenters. The maximum Gasteiger partial charge on any atom is 0.269 e. The minimum absolute atomic E-state index is 0.0817. The number of rotatable bonds is 8. The molecule has 11 heteroatoms. The van der Waals surface area contributed by atoms with Crippen LogP contribution >= 0.6 is 58.0 Å². The number of nitro groups is 2. The summed E-state index contributed by atoms with van der Waals surface area (Å²) < 4.78 is 0. The minimum Gasteiger partial charge on any atom is -0.258 e. The molecule has 4 aromatic rings. The molecule has 0 bridgehead atoms. The van der Waals surface area contributed by atoms with Gasteiger partial charge in [0.15, 0.2) is 0 Å². The molecule has 4 atom stereocenters. The lowest BCUT2D eigenvalue weighted by Crippen LogP contribution is -2.21. The van der Waals surface area contributed by atoms with E-state index in [-0.39, 0.29) is 42.2 Å². The highest BCUT2D eigenvalue weighted by Crippen LogP contribution is 2.63. The van der Waals surface area contributed by atoms with Gasteiger partial charge in [-0.15, -0.1) is 58.0 Å². The Kier molecular flexibility index (Phi) is 7.49. The zero-order valence-electron chi connectivity index (χ0n) is 18.0. The molecule has 0 radical (unpaired) electrons. The zero-order chi connectivity index (χ0) is 24.4. The molecule has 0 aliphatic carbocycles. The molecule has 0 saturated carbocycles. The first kappa shape index (κ1) is 24.4. The highest BCUT2D eigenvalue weighted by atomic mass is 32.2. The zero-order valence-corrected chi connectivity index (χ0v) is 22.0. The molecule has 2 aromatic carbocycles. The number of thiophene rings is 2. The summed E-state index contributed by atoms with van der Waals surface area (Å²) in [6, 6.07) is 22.0. The van der Waals surface area contributed by atoms with E-state index in [0.717, 1.165) is 9.79 Å². The highest BCUT2D eigenvalue weighted by Gasteiger charge is 2.47. The average molecular weight is 559 g/mol. The number of thioether (sulfide) groups is 3. The molecule has 1 fully saturated rings. The third kappa shape index (κ3) is 5.44. The van der Waals surface area contributed by atoms with E-state index in [1.54, 1.807) is 70.5 Å². The van der Waals surface area contributed by atoms with Crippen molar-refractivity contribution in [2.75, 3.05) is 0 Å². The molecule has 5 rings (SSSR count). The lowest BCUT2D eigenvalue weighted by Gasteiger charge is -2.24. The van der Waals surface area contributed by atoms with Crippen LogP contribution in [-0.4, -0.2) is 20.3 Å². The van der Waals surface area contributed by atoms with Crippen molar-refractivity contribution in [3.8, 4) is 0 Å². The normalized spacial score (nSPS) is 21.7. The van der Waals surface area contributed by atoms with Crippen molar-refractivity contribution < 1.29 is 9.85 Å². The molecule has 0 spiro atoms. The Hall–Kier alpha value is -2.31. The second kappa shape index (κ2) is 10.8. The summed E-state index contributed by atoms with van der Waals surface area (Å²) in [7, 11) is 0. The molecule has 3 heterocycles. The van der Waals surface area contributed by atoms with E-state index in [0.29, 0.717) is 0 Å². The van der Waals surface area contributed by atoms with E-state index in [1.165, 1.54) is 9.75 Å². The minimum atomic E-state index is -0.381. The van der Waals surface area contributed by atoms with E-state index in [4.69, 9.17) is 0 Å². The van der Waals surface area contributed by atoms with Crippen molar-refractivity contribution >= 4 is 69.3 Å². The van der Waals surface area contributed by atoms with Crippen molar-refractivity contribution in [2.24, 2.45) is 0 Å². The first-order chi connectivity index (χ1) is 17.0. The SMILES string of the molecule is O=[N+]([O-])c1ccc(SC2C(c3cccs3)SC(c3cccs3)C2Sc2ccc([N+](=O)[O-])cc2)cc1. The number of benzene rings is 2. The van der Waals surface area contributed by atoms with Gasteiger partial charge < -0.3 is 0 Å². The van der Waals surface area contributed by atoms with Crippen molar-refractivity contribution in [1.29, 1.82) is 0 Å². The maximum atomic E-state index is 11.1. The van der Waals surface area contributed by atoms with Crippen LogP contribution in [0, 0.1) is 20.2 Å². The Labute approximate surface area is 222 Å². The summed E-state index contributed by atoms with van der Waals surface area (Å²) in [6.07, 6.45) is 0. The van der Waals surface area contributed by atoms with E-state index in [2.05, 4.69) is 35.0 Å². The summed E-state index contributed by atoms with van der Waals surface area (Å²) in [5.41, 5.74) is 0.163. The van der Waals surface area contributed by atoms with Crippen LogP contribution in [0.4, 0.5) is 11.4 Å². The molecular formula is C24H18N2O4S5. The van der Waals surface area contributed by atoms with Gasteiger partial charge in [0, 0.05) is 54.3 Å². The topological polar surface area (TPSA) is 86.3 Å². The standard InChI is InChI=1S/C24H18N2O4S5/c27-25(28)15-5-9-17(10-6-15)33-23-21(19-3-1-13-31-19)35-22(20-4-2-14-32-20)24(23)34-18-11-7-16(8-12-18)26(29)30/h1-14,21-24H. The lowest BCUT2D eigenvalue weighted by atomic mass is 10.1. The van der Waals surface area contributed by atoms with Crippen LogP contribution < -0.4 is 0 Å². The van der Waals surface area contributed by atoms with Crippen LogP contribution in [0.15, 0.2) is 93.3 Å². The summed E-state index contributed by atoms with van der Waals surface area (Å²) >= 11 is 8.96. The Morgan fingerprint density at radius 2 is 1.03 bits per heavy atom. The van der Waals surface area contributed by atoms with Gasteiger partial charge in [-0.2, -0.15) is 0 Å². The van der Waals surface area contributed by atoms with Gasteiger partial charge in [-0.3, -0.25) is 20.2 Å². The fraction of sp³-hybridized carbons (Fsp3) is 0.167. The van der Waals surface area contributed by atoms with Crippen LogP contribution in [0.1, 0.15) is 20.3 Å². The van der Waals surface area contributed by atoms with Crippen molar-refractivity contribution in [1.82, 2.24) is 0 Å². The van der Waals surface area contributed by atoms with E-state index in [1.807, 2.05) is 36.0 Å². The third-order valence-corrected chi connectivity index (χ3v) is 12.7. The van der Waals surface area contributed by atoms with Gasteiger partial charge in [-0.05, 0) is 47.2 Å². The van der Waals surface area contributed by atoms with Crippen molar-refractivity contribution in [2.45, 2.75) is 30.8 Å². The third-order valence-electron chi connectivity index (χ3n) is 5.50. The first-order valence-electron chi connectivity index (χ1n) is 10.5. The van der Waals surface area contributed by atoms with Crippen molar-refractivity contribution in [3.63, 3.8) is 0 Å². The quantitative estimate of drug-likeness (QED) is 0.158. The van der Waals surface area contributed by atoms with Crippen LogP contribution in [0.2, 0.25) is 0 Å². The van der Waals surface area contributed by atoms with E-state index < -0.39 is 0 Å². The van der Waals surface area contributed by atoms with Crippen LogP contribution in [-0.2, 0) is 0 Å². The average Bonchev–Trinajstić information content (AvgIpc) is 3.62. The largest absolute Gasteiger partial charge is 0.269 e. The molecule has 178 valence electrons. The number of nitrogens with zero attached hydrogens (tertiary/aromatic N) is 2. The van der Waals surface area contributed by atoms with Crippen LogP contribution in [0.25, 0.3) is 0 Å². The fourth-order valence-corrected chi connectivity index (χ4v) is 11.2. The highest BCUT2D eigenvalue weighted by molar-refractivity contribution is 8.08. The number of hydrogen-bond donors (Lipinski definition) is 0. The van der Waals surface area contributed by atoms with E-state index in [9.17, 15) is 20.2 Å². The van der Waals surface area contributed by atoms with Gasteiger partial charge in [0.05, 0.1) is 20.3 Å². The molecule has 6 nitrogen and oxygen atoms in total. The van der Waals surface area contributed by atoms with Gasteiger partial charge in [-0.25, -0.2) is 0 Å². The van der Waals surface area contributed by atoms with Gasteiger partial charge in [0.2, 0.25) is 0 Å². The number of non-ortho nitro benzene ring substituents is 2. The van der Waals surface area contributed by atoms with Gasteiger partial charge in [-0.1, -0.05) is 12.1 Å². The smallest absolute Gasteiger partial charge is 0.258 e. The number of hydrogen-bond acceptors (Lipinski definition) is 9. The predicted molar refractivity (Wildman–Crippen MR) is 147 cm³/mol. The Morgan fingerprint density at radius 1 is 0.629 bits per heavy atom. The first-order valence-corrected chi connectivity index (χ1v) is 15.0. The fourth-order valence-electron chi connectivity index (χ4n) is 3.89. The summed E-state index contributed by atoms with van der Waals surface area (Å²) in [4.78, 5) is 26.1. The maximum absolute atomic E-state index is 11.1. The summed E-state index contributed by atoms with van der Waals surface area (Å²) in [6.45, 7) is 0. The van der Waals surface area contributed by atoms with Gasteiger partial charge in [0.25, 0.3) is 11.4 Å². The van der Waals surface area contributed by atoms with Crippen LogP contribution in [0.5, 0.6) is 0 Å². The van der Waals surface area contributed by atoms with Crippen LogP contribution in [0.3, 0.4) is 0 Å². The molecule has 1 aliphatic heterocycles. The summed E-state index contributed by atoms with van der Waals surface area (Å²) in [5, 5.41) is 27.3. The lowest BCUT2D eigenvalue weighted by molar-refractivity contribution is -0.385. The van der Waals surface area contributed by atoms with E-state index >= 15 is 0 Å². The Bertz CT molecular complexity index is 1190. The second-order valence-electron chi connectivity index (χ2n) is 7.68.